The van der Waals surface area contributed by atoms with Gasteiger partial charge in [0.15, 0.2) is 0 Å². The highest BCUT2D eigenvalue weighted by Gasteiger charge is 2.10. The Morgan fingerprint density at radius 3 is 2.17 bits per heavy atom. The molecular formula is C14H25ClN2O. The van der Waals surface area contributed by atoms with Crippen LogP contribution in [0, 0.1) is 13.8 Å². The number of benzene rings is 1. The number of hydrogen-bond acceptors (Lipinski definition) is 3. The zero-order chi connectivity index (χ0) is 12.8. The van der Waals surface area contributed by atoms with Gasteiger partial charge in [-0.1, -0.05) is 18.6 Å². The SMILES string of the molecule is COc1c(C)cc([C@@H](N)CCCCN)cc1C.Cl. The molecule has 4 N–H and O–H groups in total. The van der Waals surface area contributed by atoms with Gasteiger partial charge < -0.3 is 16.2 Å². The van der Waals surface area contributed by atoms with Crippen molar-refractivity contribution in [2.24, 2.45) is 11.5 Å². The Morgan fingerprint density at radius 2 is 1.72 bits per heavy atom. The Morgan fingerprint density at radius 1 is 1.17 bits per heavy atom. The monoisotopic (exact) mass is 272 g/mol. The predicted octanol–water partition coefficient (Wildman–Crippen LogP) is 2.86. The number of hydrogen-bond donors (Lipinski definition) is 2. The van der Waals surface area contributed by atoms with E-state index in [1.165, 1.54) is 5.56 Å². The molecule has 1 atom stereocenters. The molecule has 0 saturated heterocycles. The molecule has 0 unspecified atom stereocenters. The van der Waals surface area contributed by atoms with Crippen LogP contribution < -0.4 is 16.2 Å². The van der Waals surface area contributed by atoms with Crippen molar-refractivity contribution in [2.75, 3.05) is 13.7 Å². The van der Waals surface area contributed by atoms with E-state index in [1.807, 2.05) is 0 Å². The van der Waals surface area contributed by atoms with Crippen molar-refractivity contribution in [3.05, 3.63) is 28.8 Å². The molecule has 0 amide bonds. The molecular weight excluding hydrogens is 248 g/mol. The maximum Gasteiger partial charge on any atom is 0.124 e. The van der Waals surface area contributed by atoms with Crippen molar-refractivity contribution < 1.29 is 4.74 Å². The summed E-state index contributed by atoms with van der Waals surface area (Å²) in [4.78, 5) is 0. The summed E-state index contributed by atoms with van der Waals surface area (Å²) in [6.45, 7) is 4.86. The minimum Gasteiger partial charge on any atom is -0.496 e. The lowest BCUT2D eigenvalue weighted by atomic mass is 9.97. The molecule has 1 rings (SSSR count). The lowest BCUT2D eigenvalue weighted by molar-refractivity contribution is 0.408. The van der Waals surface area contributed by atoms with Crippen molar-refractivity contribution in [1.82, 2.24) is 0 Å². The number of ether oxygens (including phenoxy) is 1. The van der Waals surface area contributed by atoms with Gasteiger partial charge in [0, 0.05) is 6.04 Å². The average molecular weight is 273 g/mol. The highest BCUT2D eigenvalue weighted by atomic mass is 35.5. The molecule has 1 aromatic carbocycles. The third-order valence-electron chi connectivity index (χ3n) is 3.08. The Bertz CT molecular complexity index is 346. The minimum atomic E-state index is 0. The first-order valence-corrected chi connectivity index (χ1v) is 6.21. The van der Waals surface area contributed by atoms with E-state index in [0.29, 0.717) is 0 Å². The smallest absolute Gasteiger partial charge is 0.124 e. The minimum absolute atomic E-state index is 0. The van der Waals surface area contributed by atoms with Crippen molar-refractivity contribution in [1.29, 1.82) is 0 Å². The highest BCUT2D eigenvalue weighted by Crippen LogP contribution is 2.27. The van der Waals surface area contributed by atoms with Gasteiger partial charge in [0.05, 0.1) is 7.11 Å². The van der Waals surface area contributed by atoms with Crippen LogP contribution in [0.4, 0.5) is 0 Å². The van der Waals surface area contributed by atoms with E-state index in [2.05, 4.69) is 26.0 Å². The van der Waals surface area contributed by atoms with E-state index in [9.17, 15) is 0 Å². The summed E-state index contributed by atoms with van der Waals surface area (Å²) in [5.74, 6) is 0.961. The van der Waals surface area contributed by atoms with Gasteiger partial charge in [-0.2, -0.15) is 0 Å². The molecule has 1 aromatic rings. The van der Waals surface area contributed by atoms with Crippen LogP contribution in [0.2, 0.25) is 0 Å². The lowest BCUT2D eigenvalue weighted by Crippen LogP contribution is -2.12. The second-order valence-corrected chi connectivity index (χ2v) is 4.58. The third kappa shape index (κ3) is 4.48. The molecule has 18 heavy (non-hydrogen) atoms. The first-order valence-electron chi connectivity index (χ1n) is 6.21. The molecule has 0 spiro atoms. The molecule has 0 radical (unpaired) electrons. The van der Waals surface area contributed by atoms with Gasteiger partial charge in [-0.3, -0.25) is 0 Å². The van der Waals surface area contributed by atoms with Gasteiger partial charge in [-0.15, -0.1) is 12.4 Å². The Kier molecular flexibility index (Phi) is 8.00. The summed E-state index contributed by atoms with van der Waals surface area (Å²) >= 11 is 0. The van der Waals surface area contributed by atoms with Gasteiger partial charge in [0.1, 0.15) is 5.75 Å². The Balaban J connectivity index is 0.00000289. The van der Waals surface area contributed by atoms with Crippen molar-refractivity contribution >= 4 is 12.4 Å². The molecule has 0 aliphatic heterocycles. The number of aryl methyl sites for hydroxylation is 2. The first kappa shape index (κ1) is 17.2. The normalized spacial score (nSPS) is 11.8. The van der Waals surface area contributed by atoms with Crippen molar-refractivity contribution in [3.8, 4) is 5.75 Å². The van der Waals surface area contributed by atoms with Crippen LogP contribution in [0.1, 0.15) is 42.0 Å². The van der Waals surface area contributed by atoms with E-state index in [1.54, 1.807) is 7.11 Å². The molecule has 0 aliphatic carbocycles. The van der Waals surface area contributed by atoms with Gasteiger partial charge in [-0.25, -0.2) is 0 Å². The zero-order valence-corrected chi connectivity index (χ0v) is 12.3. The summed E-state index contributed by atoms with van der Waals surface area (Å²) in [6.07, 6.45) is 3.12. The summed E-state index contributed by atoms with van der Waals surface area (Å²) < 4.78 is 5.35. The van der Waals surface area contributed by atoms with E-state index >= 15 is 0 Å². The van der Waals surface area contributed by atoms with Crippen LogP contribution in [0.5, 0.6) is 5.75 Å². The van der Waals surface area contributed by atoms with Crippen molar-refractivity contribution in [3.63, 3.8) is 0 Å². The van der Waals surface area contributed by atoms with Gasteiger partial charge in [0.2, 0.25) is 0 Å². The second-order valence-electron chi connectivity index (χ2n) is 4.58. The number of halogens is 1. The summed E-state index contributed by atoms with van der Waals surface area (Å²) in [5, 5.41) is 0. The van der Waals surface area contributed by atoms with E-state index < -0.39 is 0 Å². The van der Waals surface area contributed by atoms with Crippen LogP contribution in [0.3, 0.4) is 0 Å². The fourth-order valence-electron chi connectivity index (χ4n) is 2.20. The largest absolute Gasteiger partial charge is 0.496 e. The summed E-state index contributed by atoms with van der Waals surface area (Å²) in [7, 11) is 1.70. The number of nitrogens with two attached hydrogens (primary N) is 2. The fraction of sp³-hybridized carbons (Fsp3) is 0.571. The molecule has 0 aromatic heterocycles. The maximum absolute atomic E-state index is 6.18. The average Bonchev–Trinajstić information content (AvgIpc) is 2.28. The topological polar surface area (TPSA) is 61.3 Å². The number of rotatable bonds is 6. The third-order valence-corrected chi connectivity index (χ3v) is 3.08. The molecule has 3 nitrogen and oxygen atoms in total. The van der Waals surface area contributed by atoms with Crippen LogP contribution in [0.15, 0.2) is 12.1 Å². The van der Waals surface area contributed by atoms with Crippen LogP contribution in [0.25, 0.3) is 0 Å². The summed E-state index contributed by atoms with van der Waals surface area (Å²) in [5.41, 5.74) is 15.2. The fourth-order valence-corrected chi connectivity index (χ4v) is 2.20. The van der Waals surface area contributed by atoms with Crippen LogP contribution in [-0.4, -0.2) is 13.7 Å². The van der Waals surface area contributed by atoms with Crippen LogP contribution in [-0.2, 0) is 0 Å². The molecule has 0 aliphatic rings. The highest BCUT2D eigenvalue weighted by molar-refractivity contribution is 5.85. The van der Waals surface area contributed by atoms with Crippen LogP contribution >= 0.6 is 12.4 Å². The summed E-state index contributed by atoms with van der Waals surface area (Å²) in [6, 6.07) is 4.35. The Labute approximate surface area is 116 Å². The van der Waals surface area contributed by atoms with E-state index in [-0.39, 0.29) is 18.4 Å². The molecule has 0 saturated carbocycles. The standard InChI is InChI=1S/C14H24N2O.ClH/c1-10-8-12(9-11(2)14(10)17-3)13(16)6-4-5-7-15;/h8-9,13H,4-7,15-16H2,1-3H3;1H/t13-;/m0./s1. The van der Waals surface area contributed by atoms with E-state index in [0.717, 1.165) is 42.7 Å². The van der Waals surface area contributed by atoms with E-state index in [4.69, 9.17) is 16.2 Å². The first-order chi connectivity index (χ1) is 8.10. The lowest BCUT2D eigenvalue weighted by Gasteiger charge is -2.16. The van der Waals surface area contributed by atoms with Crippen molar-refractivity contribution in [2.45, 2.75) is 39.2 Å². The molecule has 4 heteroatoms. The number of unbranched alkanes of at least 4 members (excludes halogenated alkanes) is 1. The molecule has 104 valence electrons. The maximum atomic E-state index is 6.18. The molecule has 0 heterocycles. The predicted molar refractivity (Wildman–Crippen MR) is 79.5 cm³/mol. The van der Waals surface area contributed by atoms with Gasteiger partial charge >= 0.3 is 0 Å². The quantitative estimate of drug-likeness (QED) is 0.783. The molecule has 0 fully saturated rings. The zero-order valence-electron chi connectivity index (χ0n) is 11.5. The Hall–Kier alpha value is -0.770. The van der Waals surface area contributed by atoms with Gasteiger partial charge in [0.25, 0.3) is 0 Å². The number of methoxy groups -OCH3 is 1. The molecule has 0 bridgehead atoms. The second kappa shape index (κ2) is 8.35. The van der Waals surface area contributed by atoms with Gasteiger partial charge in [-0.05, 0) is 49.9 Å².